The number of hydrogen-bond donors (Lipinski definition) is 0. The number of benzene rings is 2. The van der Waals surface area contributed by atoms with E-state index < -0.39 is 20.3 Å². The molecule has 0 aliphatic carbocycles. The molecule has 0 spiro atoms. The number of ketones is 2. The Morgan fingerprint density at radius 3 is 1.32 bits per heavy atom. The van der Waals surface area contributed by atoms with Gasteiger partial charge in [0.05, 0.1) is 10.5 Å². The van der Waals surface area contributed by atoms with Crippen LogP contribution in [0.3, 0.4) is 0 Å². The molecule has 0 aromatic heterocycles. The molecule has 0 saturated carbocycles. The molecule has 4 nitrogen and oxygen atoms in total. The average Bonchev–Trinajstić information content (AvgIpc) is 2.58. The quantitative estimate of drug-likeness (QED) is 0.719. The predicted molar refractivity (Wildman–Crippen MR) is 97.9 cm³/mol. The predicted octanol–water partition coefficient (Wildman–Crippen LogP) is 3.84. The van der Waals surface area contributed by atoms with Crippen LogP contribution in [0.5, 0.6) is 0 Å². The van der Waals surface area contributed by atoms with Crippen molar-refractivity contribution in [3.05, 3.63) is 71.8 Å². The van der Waals surface area contributed by atoms with Crippen LogP contribution in [0.25, 0.3) is 0 Å². The van der Waals surface area contributed by atoms with E-state index in [2.05, 4.69) is 0 Å². The monoisotopic (exact) mass is 358 g/mol. The first kappa shape index (κ1) is 19.1. The van der Waals surface area contributed by atoms with E-state index in [1.807, 2.05) is 0 Å². The number of Topliss-reactive ketones (excluding diaryl/α,β-unsaturated/α-hetero) is 2. The maximum absolute atomic E-state index is 13.4. The van der Waals surface area contributed by atoms with Gasteiger partial charge in [-0.1, -0.05) is 60.7 Å². The molecule has 0 heterocycles. The van der Waals surface area contributed by atoms with Crippen molar-refractivity contribution >= 4 is 21.4 Å². The summed E-state index contributed by atoms with van der Waals surface area (Å²) in [6.07, 6.45) is -0.207. The molecule has 2 unspecified atom stereocenters. The molecule has 0 amide bonds. The largest absolute Gasteiger partial charge is 0.300 e. The summed E-state index contributed by atoms with van der Waals surface area (Å²) in [7, 11) is -3.80. The first-order valence-corrected chi connectivity index (χ1v) is 9.74. The summed E-state index contributed by atoms with van der Waals surface area (Å²) in [5.41, 5.74) is 1.14. The van der Waals surface area contributed by atoms with E-state index in [4.69, 9.17) is 0 Å². The minimum Gasteiger partial charge on any atom is -0.300 e. The number of sulfone groups is 1. The molecule has 0 aliphatic heterocycles. The molecule has 25 heavy (non-hydrogen) atoms. The van der Waals surface area contributed by atoms with Gasteiger partial charge in [-0.25, -0.2) is 8.42 Å². The Balaban J connectivity index is 2.54. The first-order valence-electron chi connectivity index (χ1n) is 8.14. The van der Waals surface area contributed by atoms with Gasteiger partial charge in [0.1, 0.15) is 11.6 Å². The molecular formula is C20H22O4S. The zero-order valence-electron chi connectivity index (χ0n) is 14.4. The van der Waals surface area contributed by atoms with Gasteiger partial charge >= 0.3 is 0 Å². The Morgan fingerprint density at radius 1 is 0.720 bits per heavy atom. The smallest absolute Gasteiger partial charge is 0.165 e. The summed E-state index contributed by atoms with van der Waals surface area (Å²) in [4.78, 5) is 23.4. The van der Waals surface area contributed by atoms with Crippen LogP contribution in [0.15, 0.2) is 60.7 Å². The zero-order chi connectivity index (χ0) is 18.4. The Morgan fingerprint density at radius 2 is 1.04 bits per heavy atom. The van der Waals surface area contributed by atoms with Gasteiger partial charge in [-0.15, -0.1) is 0 Å². The standard InChI is InChI=1S/C20H22O4S/c1-15(21)13-19(17-9-5-3-6-10-17)25(23,24)20(14-16(2)22)18-11-7-4-8-12-18/h3-12,19-20H,13-14H2,1-2H3. The highest BCUT2D eigenvalue weighted by molar-refractivity contribution is 7.92. The van der Waals surface area contributed by atoms with Gasteiger partial charge in [0.25, 0.3) is 0 Å². The molecule has 0 bridgehead atoms. The topological polar surface area (TPSA) is 68.3 Å². The lowest BCUT2D eigenvalue weighted by molar-refractivity contribution is -0.117. The highest BCUT2D eigenvalue weighted by Gasteiger charge is 2.37. The number of hydrogen-bond acceptors (Lipinski definition) is 4. The van der Waals surface area contributed by atoms with Gasteiger partial charge in [-0.3, -0.25) is 9.59 Å². The molecule has 132 valence electrons. The SMILES string of the molecule is CC(=O)CC(c1ccccc1)S(=O)(=O)C(CC(C)=O)c1ccccc1. The summed E-state index contributed by atoms with van der Waals surface area (Å²) in [5.74, 6) is -0.404. The third kappa shape index (κ3) is 4.86. The lowest BCUT2D eigenvalue weighted by Crippen LogP contribution is -2.24. The Bertz CT molecular complexity index is 761. The van der Waals surface area contributed by atoms with E-state index in [1.165, 1.54) is 13.8 Å². The summed E-state index contributed by atoms with van der Waals surface area (Å²) in [5, 5.41) is -1.92. The average molecular weight is 358 g/mol. The molecule has 0 radical (unpaired) electrons. The van der Waals surface area contributed by atoms with Crippen molar-refractivity contribution in [1.29, 1.82) is 0 Å². The Kier molecular flexibility index (Phi) is 6.26. The summed E-state index contributed by atoms with van der Waals surface area (Å²) >= 11 is 0. The summed E-state index contributed by atoms with van der Waals surface area (Å²) in [6, 6.07) is 17.4. The van der Waals surface area contributed by atoms with Crippen LogP contribution < -0.4 is 0 Å². The fourth-order valence-electron chi connectivity index (χ4n) is 2.90. The van der Waals surface area contributed by atoms with Gasteiger partial charge < -0.3 is 0 Å². The van der Waals surface area contributed by atoms with Crippen LogP contribution in [0.2, 0.25) is 0 Å². The van der Waals surface area contributed by atoms with Gasteiger partial charge in [0.2, 0.25) is 0 Å². The molecule has 2 rings (SSSR count). The van der Waals surface area contributed by atoms with Gasteiger partial charge in [-0.05, 0) is 25.0 Å². The van der Waals surface area contributed by atoms with E-state index in [9.17, 15) is 18.0 Å². The second-order valence-corrected chi connectivity index (χ2v) is 8.52. The van der Waals surface area contributed by atoms with Crippen LogP contribution in [-0.4, -0.2) is 20.0 Å². The van der Waals surface area contributed by atoms with Crippen LogP contribution in [0, 0.1) is 0 Å². The fraction of sp³-hybridized carbons (Fsp3) is 0.300. The van der Waals surface area contributed by atoms with Crippen LogP contribution in [-0.2, 0) is 19.4 Å². The minimum atomic E-state index is -3.80. The molecule has 2 aromatic rings. The normalized spacial score (nSPS) is 13.8. The first-order chi connectivity index (χ1) is 11.8. The van der Waals surface area contributed by atoms with Crippen molar-refractivity contribution in [3.8, 4) is 0 Å². The molecule has 0 saturated heterocycles. The molecule has 2 atom stereocenters. The molecular weight excluding hydrogens is 336 g/mol. The maximum Gasteiger partial charge on any atom is 0.165 e. The third-order valence-electron chi connectivity index (χ3n) is 4.08. The lowest BCUT2D eigenvalue weighted by Gasteiger charge is -2.24. The van der Waals surface area contributed by atoms with Gasteiger partial charge in [-0.2, -0.15) is 0 Å². The van der Waals surface area contributed by atoms with E-state index >= 15 is 0 Å². The number of rotatable bonds is 8. The Hall–Kier alpha value is -2.27. The van der Waals surface area contributed by atoms with Crippen LogP contribution in [0.4, 0.5) is 0 Å². The Labute approximate surface area is 148 Å². The summed E-state index contributed by atoms with van der Waals surface area (Å²) < 4.78 is 26.8. The van der Waals surface area contributed by atoms with Crippen molar-refractivity contribution in [3.63, 3.8) is 0 Å². The highest BCUT2D eigenvalue weighted by atomic mass is 32.2. The van der Waals surface area contributed by atoms with E-state index in [1.54, 1.807) is 60.7 Å². The zero-order valence-corrected chi connectivity index (χ0v) is 15.2. The second kappa shape index (κ2) is 8.21. The third-order valence-corrected chi connectivity index (χ3v) is 6.55. The number of carbonyl (C=O) groups excluding carboxylic acids is 2. The highest BCUT2D eigenvalue weighted by Crippen LogP contribution is 2.38. The van der Waals surface area contributed by atoms with Crippen molar-refractivity contribution < 1.29 is 18.0 Å². The van der Waals surface area contributed by atoms with Crippen LogP contribution >= 0.6 is 0 Å². The minimum absolute atomic E-state index is 0.104. The van der Waals surface area contributed by atoms with Gasteiger partial charge in [0, 0.05) is 12.8 Å². The van der Waals surface area contributed by atoms with Crippen molar-refractivity contribution in [2.24, 2.45) is 0 Å². The maximum atomic E-state index is 13.4. The lowest BCUT2D eigenvalue weighted by atomic mass is 10.1. The van der Waals surface area contributed by atoms with E-state index in [0.29, 0.717) is 11.1 Å². The fourth-order valence-corrected chi connectivity index (χ4v) is 5.31. The van der Waals surface area contributed by atoms with Crippen LogP contribution in [0.1, 0.15) is 48.3 Å². The van der Waals surface area contributed by atoms with Crippen molar-refractivity contribution in [2.45, 2.75) is 37.2 Å². The molecule has 0 aliphatic rings. The molecule has 5 heteroatoms. The van der Waals surface area contributed by atoms with Crippen molar-refractivity contribution in [2.75, 3.05) is 0 Å². The summed E-state index contributed by atoms with van der Waals surface area (Å²) in [6.45, 7) is 2.77. The molecule has 2 aromatic carbocycles. The van der Waals surface area contributed by atoms with E-state index in [0.717, 1.165) is 0 Å². The van der Waals surface area contributed by atoms with E-state index in [-0.39, 0.29) is 24.4 Å². The molecule has 0 N–H and O–H groups in total. The second-order valence-electron chi connectivity index (χ2n) is 6.20. The number of carbonyl (C=O) groups is 2. The molecule has 0 fully saturated rings. The van der Waals surface area contributed by atoms with Gasteiger partial charge in [0.15, 0.2) is 9.84 Å². The van der Waals surface area contributed by atoms with Crippen molar-refractivity contribution in [1.82, 2.24) is 0 Å².